The van der Waals surface area contributed by atoms with Crippen molar-refractivity contribution < 1.29 is 4.42 Å². The van der Waals surface area contributed by atoms with Gasteiger partial charge in [-0.1, -0.05) is 56.8 Å². The predicted molar refractivity (Wildman–Crippen MR) is 103 cm³/mol. The van der Waals surface area contributed by atoms with Gasteiger partial charge >= 0.3 is 0 Å². The molecule has 0 bridgehead atoms. The zero-order valence-corrected chi connectivity index (χ0v) is 16.2. The number of furan rings is 1. The average molecular weight is 366 g/mol. The minimum atomic E-state index is -0.203. The van der Waals surface area contributed by atoms with Crippen molar-refractivity contribution in [2.24, 2.45) is 0 Å². The van der Waals surface area contributed by atoms with E-state index in [1.807, 2.05) is 23.6 Å². The Balaban J connectivity index is 1.99. The van der Waals surface area contributed by atoms with Gasteiger partial charge in [-0.3, -0.25) is 4.57 Å². The van der Waals surface area contributed by atoms with Crippen LogP contribution in [0.5, 0.6) is 0 Å². The van der Waals surface area contributed by atoms with E-state index in [0.29, 0.717) is 11.7 Å². The van der Waals surface area contributed by atoms with Gasteiger partial charge in [-0.2, -0.15) is 5.26 Å². The molecule has 0 radical (unpaired) electrons. The highest BCUT2D eigenvalue weighted by Gasteiger charge is 2.19. The normalized spacial score (nSPS) is 12.7. The molecule has 3 aromatic rings. The predicted octanol–water partition coefficient (Wildman–Crippen LogP) is 4.89. The fourth-order valence-electron chi connectivity index (χ4n) is 2.59. The van der Waals surface area contributed by atoms with Crippen molar-refractivity contribution in [3.8, 4) is 17.5 Å². The second kappa shape index (κ2) is 7.38. The Morgan fingerprint density at radius 2 is 1.92 bits per heavy atom. The van der Waals surface area contributed by atoms with Crippen LogP contribution in [0, 0.1) is 11.3 Å². The van der Waals surface area contributed by atoms with Crippen molar-refractivity contribution in [1.82, 2.24) is 14.8 Å². The number of thioether (sulfide) groups is 1. The minimum absolute atomic E-state index is 0.101. The van der Waals surface area contributed by atoms with Crippen molar-refractivity contribution >= 4 is 11.8 Å². The van der Waals surface area contributed by atoms with Crippen molar-refractivity contribution in [1.29, 1.82) is 5.26 Å². The lowest BCUT2D eigenvalue weighted by Crippen LogP contribution is -2.10. The minimum Gasteiger partial charge on any atom is -0.467 e. The Hall–Kier alpha value is -2.52. The van der Waals surface area contributed by atoms with Gasteiger partial charge in [0.25, 0.3) is 0 Å². The molecule has 2 heterocycles. The number of aromatic nitrogens is 3. The molecule has 2 aromatic heterocycles. The van der Waals surface area contributed by atoms with Crippen LogP contribution in [0.3, 0.4) is 0 Å². The van der Waals surface area contributed by atoms with E-state index in [2.05, 4.69) is 61.3 Å². The van der Waals surface area contributed by atoms with Gasteiger partial charge in [0.2, 0.25) is 0 Å². The highest BCUT2D eigenvalue weighted by atomic mass is 32.2. The molecule has 3 rings (SSSR count). The number of hydrogen-bond acceptors (Lipinski definition) is 5. The molecule has 0 amide bonds. The second-order valence-electron chi connectivity index (χ2n) is 7.19. The Bertz CT molecular complexity index is 899. The number of rotatable bonds is 5. The zero-order chi connectivity index (χ0) is 18.7. The molecule has 0 saturated carbocycles. The van der Waals surface area contributed by atoms with Gasteiger partial charge in [-0.05, 0) is 30.0 Å². The van der Waals surface area contributed by atoms with Crippen LogP contribution in [0.1, 0.15) is 39.0 Å². The van der Waals surface area contributed by atoms with Gasteiger partial charge in [-0.15, -0.1) is 10.2 Å². The number of nitriles is 1. The van der Waals surface area contributed by atoms with Crippen LogP contribution in [0.4, 0.5) is 0 Å². The molecule has 0 saturated heterocycles. The third-order valence-corrected chi connectivity index (χ3v) is 5.06. The Morgan fingerprint density at radius 1 is 1.19 bits per heavy atom. The van der Waals surface area contributed by atoms with E-state index in [-0.39, 0.29) is 10.7 Å². The molecular formula is C20H22N4OS. The van der Waals surface area contributed by atoms with E-state index < -0.39 is 0 Å². The van der Waals surface area contributed by atoms with E-state index >= 15 is 0 Å². The van der Waals surface area contributed by atoms with Crippen LogP contribution in [0.15, 0.2) is 52.2 Å². The number of hydrogen-bond donors (Lipinski definition) is 0. The lowest BCUT2D eigenvalue weighted by atomic mass is 9.87. The molecule has 0 N–H and O–H groups in total. The van der Waals surface area contributed by atoms with Crippen LogP contribution >= 0.6 is 11.8 Å². The van der Waals surface area contributed by atoms with Crippen LogP contribution < -0.4 is 0 Å². The monoisotopic (exact) mass is 366 g/mol. The van der Waals surface area contributed by atoms with Crippen molar-refractivity contribution in [3.05, 3.63) is 54.0 Å². The lowest BCUT2D eigenvalue weighted by Gasteiger charge is -2.19. The van der Waals surface area contributed by atoms with Gasteiger partial charge in [0.1, 0.15) is 5.76 Å². The summed E-state index contributed by atoms with van der Waals surface area (Å²) in [6.07, 6.45) is 1.65. The molecule has 0 aliphatic carbocycles. The van der Waals surface area contributed by atoms with Gasteiger partial charge in [0, 0.05) is 5.56 Å². The molecule has 5 nitrogen and oxygen atoms in total. The smallest absolute Gasteiger partial charge is 0.193 e. The maximum atomic E-state index is 9.13. The lowest BCUT2D eigenvalue weighted by molar-refractivity contribution is 0.485. The quantitative estimate of drug-likeness (QED) is 0.602. The number of benzene rings is 1. The summed E-state index contributed by atoms with van der Waals surface area (Å²) in [5.74, 6) is 1.60. The maximum absolute atomic E-state index is 9.13. The third-order valence-electron chi connectivity index (χ3n) is 4.08. The molecule has 1 aromatic carbocycles. The van der Waals surface area contributed by atoms with Gasteiger partial charge in [-0.25, -0.2) is 0 Å². The Labute approximate surface area is 158 Å². The first-order chi connectivity index (χ1) is 12.4. The SMILES string of the molecule is C[C@H](C#N)Sc1nnc(-c2ccc(C(C)(C)C)cc2)n1Cc1ccco1. The van der Waals surface area contributed by atoms with Crippen LogP contribution in [-0.4, -0.2) is 20.0 Å². The van der Waals surface area contributed by atoms with Crippen LogP contribution in [0.25, 0.3) is 11.4 Å². The topological polar surface area (TPSA) is 67.6 Å². The molecule has 0 fully saturated rings. The first-order valence-corrected chi connectivity index (χ1v) is 9.39. The number of nitrogens with zero attached hydrogens (tertiary/aromatic N) is 4. The highest BCUT2D eigenvalue weighted by Crippen LogP contribution is 2.29. The van der Waals surface area contributed by atoms with E-state index in [9.17, 15) is 0 Å². The standard InChI is InChI=1S/C20H22N4OS/c1-14(12-21)26-19-23-22-18(24(19)13-17-6-5-11-25-17)15-7-9-16(10-8-15)20(2,3)4/h5-11,14H,13H2,1-4H3/t14-/m1/s1. The molecule has 6 heteroatoms. The van der Waals surface area contributed by atoms with Gasteiger partial charge in [0.05, 0.1) is 24.1 Å². The summed E-state index contributed by atoms with van der Waals surface area (Å²) >= 11 is 1.40. The highest BCUT2D eigenvalue weighted by molar-refractivity contribution is 8.00. The molecule has 0 aliphatic rings. The fourth-order valence-corrected chi connectivity index (χ4v) is 3.33. The summed E-state index contributed by atoms with van der Waals surface area (Å²) in [5, 5.41) is 18.3. The van der Waals surface area contributed by atoms with Crippen LogP contribution in [0.2, 0.25) is 0 Å². The molecule has 26 heavy (non-hydrogen) atoms. The van der Waals surface area contributed by atoms with E-state index in [4.69, 9.17) is 9.68 Å². The van der Waals surface area contributed by atoms with Crippen molar-refractivity contribution in [2.75, 3.05) is 0 Å². The van der Waals surface area contributed by atoms with Crippen molar-refractivity contribution in [2.45, 2.75) is 50.1 Å². The van der Waals surface area contributed by atoms with Crippen LogP contribution in [-0.2, 0) is 12.0 Å². The molecular weight excluding hydrogens is 344 g/mol. The fraction of sp³-hybridized carbons (Fsp3) is 0.350. The first kappa shape index (κ1) is 18.3. The molecule has 1 atom stereocenters. The largest absolute Gasteiger partial charge is 0.467 e. The van der Waals surface area contributed by atoms with Crippen molar-refractivity contribution in [3.63, 3.8) is 0 Å². The first-order valence-electron chi connectivity index (χ1n) is 8.51. The summed E-state index contributed by atoms with van der Waals surface area (Å²) in [7, 11) is 0. The van der Waals surface area contributed by atoms with E-state index in [0.717, 1.165) is 17.1 Å². The molecule has 0 spiro atoms. The third kappa shape index (κ3) is 4.00. The Morgan fingerprint density at radius 3 is 2.50 bits per heavy atom. The van der Waals surface area contributed by atoms with Gasteiger partial charge < -0.3 is 4.42 Å². The van der Waals surface area contributed by atoms with E-state index in [1.54, 1.807) is 6.26 Å². The van der Waals surface area contributed by atoms with E-state index in [1.165, 1.54) is 17.3 Å². The summed E-state index contributed by atoms with van der Waals surface area (Å²) in [4.78, 5) is 0. The summed E-state index contributed by atoms with van der Waals surface area (Å²) in [6.45, 7) is 8.96. The second-order valence-corrected chi connectivity index (χ2v) is 8.50. The average Bonchev–Trinajstić information content (AvgIpc) is 3.25. The Kier molecular flexibility index (Phi) is 5.19. The summed E-state index contributed by atoms with van der Waals surface area (Å²) in [5.41, 5.74) is 2.36. The van der Waals surface area contributed by atoms with Gasteiger partial charge in [0.15, 0.2) is 11.0 Å². The summed E-state index contributed by atoms with van der Waals surface area (Å²) in [6, 6.07) is 14.4. The maximum Gasteiger partial charge on any atom is 0.193 e. The summed E-state index contributed by atoms with van der Waals surface area (Å²) < 4.78 is 7.50. The zero-order valence-electron chi connectivity index (χ0n) is 15.4. The molecule has 0 unspecified atom stereocenters. The molecule has 134 valence electrons. The molecule has 0 aliphatic heterocycles.